The minimum absolute atomic E-state index is 0.100. The lowest BCUT2D eigenvalue weighted by atomic mass is 10.1. The second kappa shape index (κ2) is 7.23. The maximum Gasteiger partial charge on any atom is 0.284 e. The van der Waals surface area contributed by atoms with Crippen molar-refractivity contribution in [2.45, 2.75) is 36.1 Å². The predicted octanol–water partition coefficient (Wildman–Crippen LogP) is 4.93. The number of nitro groups is 1. The van der Waals surface area contributed by atoms with E-state index in [0.717, 1.165) is 4.90 Å². The Kier molecular flexibility index (Phi) is 5.51. The molecule has 126 valence electrons. The minimum atomic E-state index is -0.480. The van der Waals surface area contributed by atoms with Crippen molar-refractivity contribution in [2.75, 3.05) is 0 Å². The molecule has 0 saturated heterocycles. The Labute approximate surface area is 149 Å². The first kappa shape index (κ1) is 18.3. The first-order chi connectivity index (χ1) is 11.2. The van der Waals surface area contributed by atoms with E-state index in [1.165, 1.54) is 17.8 Å². The lowest BCUT2D eigenvalue weighted by Gasteiger charge is -2.20. The Hall–Kier alpha value is -2.05. The summed E-state index contributed by atoms with van der Waals surface area (Å²) in [4.78, 5) is 24.4. The monoisotopic (exact) mass is 364 g/mol. The summed E-state index contributed by atoms with van der Waals surface area (Å²) in [5.41, 5.74) is -0.253. The molecule has 0 fully saturated rings. The van der Waals surface area contributed by atoms with Gasteiger partial charge in [-0.1, -0.05) is 23.4 Å². The van der Waals surface area contributed by atoms with Crippen LogP contribution in [0.2, 0.25) is 5.02 Å². The molecule has 0 aromatic heterocycles. The molecule has 7 heteroatoms. The van der Waals surface area contributed by atoms with Gasteiger partial charge in [0.1, 0.15) is 0 Å². The molecule has 0 aliphatic heterocycles. The number of carbonyl (C=O) groups is 1. The number of halogens is 1. The Morgan fingerprint density at radius 1 is 1.17 bits per heavy atom. The molecule has 2 aromatic carbocycles. The third-order valence-corrected chi connectivity index (χ3v) is 4.27. The number of hydrogen-bond donors (Lipinski definition) is 1. The summed E-state index contributed by atoms with van der Waals surface area (Å²) in [6, 6.07) is 11.5. The van der Waals surface area contributed by atoms with Gasteiger partial charge in [0.05, 0.1) is 9.82 Å². The van der Waals surface area contributed by atoms with Gasteiger partial charge in [0, 0.05) is 27.1 Å². The maximum absolute atomic E-state index is 12.2. The van der Waals surface area contributed by atoms with E-state index in [2.05, 4.69) is 5.32 Å². The van der Waals surface area contributed by atoms with Gasteiger partial charge in [0.2, 0.25) is 0 Å². The van der Waals surface area contributed by atoms with Crippen molar-refractivity contribution in [1.82, 2.24) is 5.32 Å². The van der Waals surface area contributed by atoms with Crippen LogP contribution in [0.1, 0.15) is 31.1 Å². The maximum atomic E-state index is 12.2. The molecule has 0 radical (unpaired) electrons. The molecule has 2 rings (SSSR count). The fourth-order valence-electron chi connectivity index (χ4n) is 1.93. The fraction of sp³-hybridized carbons (Fsp3) is 0.235. The van der Waals surface area contributed by atoms with E-state index in [1.54, 1.807) is 36.4 Å². The minimum Gasteiger partial charge on any atom is -0.347 e. The van der Waals surface area contributed by atoms with E-state index in [1.807, 2.05) is 20.8 Å². The van der Waals surface area contributed by atoms with Gasteiger partial charge in [-0.2, -0.15) is 0 Å². The zero-order valence-corrected chi connectivity index (χ0v) is 15.1. The molecule has 0 unspecified atom stereocenters. The van der Waals surface area contributed by atoms with Gasteiger partial charge in [0.15, 0.2) is 0 Å². The van der Waals surface area contributed by atoms with Crippen molar-refractivity contribution in [1.29, 1.82) is 0 Å². The third-order valence-electron chi connectivity index (χ3n) is 2.95. The predicted molar refractivity (Wildman–Crippen MR) is 95.9 cm³/mol. The van der Waals surface area contributed by atoms with E-state index in [-0.39, 0.29) is 17.2 Å². The van der Waals surface area contributed by atoms with Gasteiger partial charge in [0.25, 0.3) is 11.6 Å². The van der Waals surface area contributed by atoms with Gasteiger partial charge in [-0.05, 0) is 57.2 Å². The largest absolute Gasteiger partial charge is 0.347 e. The Bertz CT molecular complexity index is 770. The molecule has 5 nitrogen and oxygen atoms in total. The summed E-state index contributed by atoms with van der Waals surface area (Å²) in [6.45, 7) is 5.55. The summed E-state index contributed by atoms with van der Waals surface area (Å²) in [5.74, 6) is -0.339. The number of nitrogens with zero attached hydrogens (tertiary/aromatic N) is 1. The zero-order chi connectivity index (χ0) is 17.9. The molecule has 1 N–H and O–H groups in total. The van der Waals surface area contributed by atoms with Crippen LogP contribution in [0.25, 0.3) is 0 Å². The number of nitro benzene ring substituents is 1. The molecule has 0 aliphatic rings. The van der Waals surface area contributed by atoms with Crippen molar-refractivity contribution in [3.05, 3.63) is 63.2 Å². The fourth-order valence-corrected chi connectivity index (χ4v) is 2.96. The molecule has 0 atom stereocenters. The second-order valence-electron chi connectivity index (χ2n) is 6.20. The normalized spacial score (nSPS) is 11.2. The molecular formula is C17H17ClN2O3S. The number of carbonyl (C=O) groups excluding carboxylic acids is 1. The number of rotatable bonds is 4. The molecule has 1 amide bonds. The molecule has 2 aromatic rings. The highest BCUT2D eigenvalue weighted by Crippen LogP contribution is 2.35. The van der Waals surface area contributed by atoms with E-state index >= 15 is 0 Å². The topological polar surface area (TPSA) is 72.2 Å². The van der Waals surface area contributed by atoms with Gasteiger partial charge in [-0.3, -0.25) is 14.9 Å². The van der Waals surface area contributed by atoms with Crippen LogP contribution in [0.4, 0.5) is 5.69 Å². The van der Waals surface area contributed by atoms with Crippen LogP contribution in [0, 0.1) is 10.1 Å². The molecule has 0 saturated carbocycles. The van der Waals surface area contributed by atoms with Crippen molar-refractivity contribution in [3.8, 4) is 0 Å². The van der Waals surface area contributed by atoms with E-state index < -0.39 is 10.5 Å². The second-order valence-corrected chi connectivity index (χ2v) is 7.75. The summed E-state index contributed by atoms with van der Waals surface area (Å²) in [5, 5.41) is 14.8. The Morgan fingerprint density at radius 3 is 2.33 bits per heavy atom. The van der Waals surface area contributed by atoms with Crippen molar-refractivity contribution < 1.29 is 9.72 Å². The van der Waals surface area contributed by atoms with Crippen molar-refractivity contribution >= 4 is 35.0 Å². The smallest absolute Gasteiger partial charge is 0.284 e. The summed E-state index contributed by atoms with van der Waals surface area (Å²) in [6.07, 6.45) is 0. The number of nitrogens with one attached hydrogen (secondary N) is 1. The Morgan fingerprint density at radius 2 is 1.79 bits per heavy atom. The van der Waals surface area contributed by atoms with Crippen LogP contribution in [0.3, 0.4) is 0 Å². The van der Waals surface area contributed by atoms with Crippen LogP contribution in [0.15, 0.2) is 52.3 Å². The summed E-state index contributed by atoms with van der Waals surface area (Å²) >= 11 is 7.10. The van der Waals surface area contributed by atoms with E-state index in [4.69, 9.17) is 11.6 Å². The zero-order valence-electron chi connectivity index (χ0n) is 13.5. The highest BCUT2D eigenvalue weighted by Gasteiger charge is 2.21. The third kappa shape index (κ3) is 4.97. The van der Waals surface area contributed by atoms with Gasteiger partial charge in [-0.15, -0.1) is 0 Å². The van der Waals surface area contributed by atoms with Crippen LogP contribution in [-0.4, -0.2) is 16.4 Å². The molecule has 0 bridgehead atoms. The molecule has 0 aliphatic carbocycles. The number of benzene rings is 2. The number of amides is 1. The number of hydrogen-bond acceptors (Lipinski definition) is 4. The standard InChI is InChI=1S/C17H17ClN2O3S/c1-17(2,3)19-16(21)11-4-9-15(14(10-11)20(22)23)24-13-7-5-12(18)6-8-13/h4-10H,1-3H3,(H,19,21). The van der Waals surface area contributed by atoms with Crippen LogP contribution in [-0.2, 0) is 0 Å². The molecule has 0 heterocycles. The molecular weight excluding hydrogens is 348 g/mol. The molecule has 24 heavy (non-hydrogen) atoms. The molecule has 0 spiro atoms. The summed E-state index contributed by atoms with van der Waals surface area (Å²) < 4.78 is 0. The van der Waals surface area contributed by atoms with Gasteiger partial charge < -0.3 is 5.32 Å². The summed E-state index contributed by atoms with van der Waals surface area (Å²) in [7, 11) is 0. The van der Waals surface area contributed by atoms with Crippen LogP contribution >= 0.6 is 23.4 Å². The SMILES string of the molecule is CC(C)(C)NC(=O)c1ccc(Sc2ccc(Cl)cc2)c([N+](=O)[O-])c1. The van der Waals surface area contributed by atoms with Crippen molar-refractivity contribution in [3.63, 3.8) is 0 Å². The quantitative estimate of drug-likeness (QED) is 0.616. The highest BCUT2D eigenvalue weighted by atomic mass is 35.5. The first-order valence-corrected chi connectivity index (χ1v) is 8.39. The van der Waals surface area contributed by atoms with E-state index in [9.17, 15) is 14.9 Å². The lowest BCUT2D eigenvalue weighted by Crippen LogP contribution is -2.40. The van der Waals surface area contributed by atoms with Gasteiger partial charge >= 0.3 is 0 Å². The first-order valence-electron chi connectivity index (χ1n) is 7.20. The Balaban J connectivity index is 2.31. The van der Waals surface area contributed by atoms with Crippen molar-refractivity contribution in [2.24, 2.45) is 0 Å². The van der Waals surface area contributed by atoms with E-state index in [0.29, 0.717) is 9.92 Å². The van der Waals surface area contributed by atoms with Crippen LogP contribution in [0.5, 0.6) is 0 Å². The lowest BCUT2D eigenvalue weighted by molar-refractivity contribution is -0.387. The highest BCUT2D eigenvalue weighted by molar-refractivity contribution is 7.99. The van der Waals surface area contributed by atoms with Crippen LogP contribution < -0.4 is 5.32 Å². The average Bonchev–Trinajstić information content (AvgIpc) is 2.48. The van der Waals surface area contributed by atoms with Gasteiger partial charge in [-0.25, -0.2) is 0 Å². The average molecular weight is 365 g/mol.